The maximum Gasteiger partial charge on any atom is 0.226 e. The summed E-state index contributed by atoms with van der Waals surface area (Å²) in [6.07, 6.45) is 0. The molecule has 0 spiro atoms. The lowest BCUT2D eigenvalue weighted by atomic mass is 10.1. The monoisotopic (exact) mass is 430 g/mol. The van der Waals surface area contributed by atoms with Gasteiger partial charge in [-0.15, -0.1) is 0 Å². The SMILES string of the molecule is CC(C)C(=O)Nc1ccc(C2=NNC(=Nc3cccc(Br)c3)SC2)cc1. The van der Waals surface area contributed by atoms with Gasteiger partial charge >= 0.3 is 0 Å². The first kappa shape index (κ1) is 18.7. The highest BCUT2D eigenvalue weighted by Gasteiger charge is 2.14. The molecule has 0 bridgehead atoms. The molecule has 7 heteroatoms. The lowest BCUT2D eigenvalue weighted by molar-refractivity contribution is -0.118. The van der Waals surface area contributed by atoms with E-state index in [9.17, 15) is 4.79 Å². The predicted molar refractivity (Wildman–Crippen MR) is 113 cm³/mol. The molecule has 1 aliphatic heterocycles. The fourth-order valence-corrected chi connectivity index (χ4v) is 3.39. The second kappa shape index (κ2) is 8.51. The van der Waals surface area contributed by atoms with E-state index in [2.05, 4.69) is 36.8 Å². The molecule has 1 aliphatic rings. The number of carbonyl (C=O) groups is 1. The number of carbonyl (C=O) groups excluding carboxylic acids is 1. The third kappa shape index (κ3) is 4.95. The number of hydrogen-bond acceptors (Lipinski definition) is 4. The van der Waals surface area contributed by atoms with Crippen LogP contribution >= 0.6 is 27.7 Å². The number of thioether (sulfide) groups is 1. The summed E-state index contributed by atoms with van der Waals surface area (Å²) in [5.74, 6) is 0.705. The van der Waals surface area contributed by atoms with E-state index in [4.69, 9.17) is 0 Å². The van der Waals surface area contributed by atoms with Crippen molar-refractivity contribution in [1.29, 1.82) is 0 Å². The maximum absolute atomic E-state index is 11.7. The van der Waals surface area contributed by atoms with Crippen LogP contribution in [0.1, 0.15) is 19.4 Å². The minimum Gasteiger partial charge on any atom is -0.326 e. The van der Waals surface area contributed by atoms with E-state index in [1.807, 2.05) is 62.4 Å². The van der Waals surface area contributed by atoms with Gasteiger partial charge < -0.3 is 5.32 Å². The van der Waals surface area contributed by atoms with Gasteiger partial charge in [-0.1, -0.05) is 59.7 Å². The molecule has 0 aliphatic carbocycles. The number of amidine groups is 1. The van der Waals surface area contributed by atoms with Crippen molar-refractivity contribution in [1.82, 2.24) is 5.43 Å². The topological polar surface area (TPSA) is 65.8 Å². The Morgan fingerprint density at radius 2 is 2.04 bits per heavy atom. The summed E-state index contributed by atoms with van der Waals surface area (Å²) >= 11 is 5.05. The van der Waals surface area contributed by atoms with Gasteiger partial charge in [-0.25, -0.2) is 4.99 Å². The van der Waals surface area contributed by atoms with E-state index in [0.717, 1.165) is 38.0 Å². The standard InChI is InChI=1S/C19H19BrN4OS/c1-12(2)18(25)21-15-8-6-13(7-9-15)17-11-26-19(24-23-17)22-16-5-3-4-14(20)10-16/h3-10,12H,11H2,1-2H3,(H,21,25)(H,22,24). The van der Waals surface area contributed by atoms with Crippen LogP contribution in [-0.4, -0.2) is 22.5 Å². The third-order valence-corrected chi connectivity index (χ3v) is 5.05. The Morgan fingerprint density at radius 3 is 2.65 bits per heavy atom. The first-order valence-corrected chi connectivity index (χ1v) is 10.00. The summed E-state index contributed by atoms with van der Waals surface area (Å²) in [6, 6.07) is 15.5. The fourth-order valence-electron chi connectivity index (χ4n) is 2.22. The molecule has 0 fully saturated rings. The number of hydrazone groups is 1. The minimum atomic E-state index is -0.0408. The van der Waals surface area contributed by atoms with Gasteiger partial charge in [-0.05, 0) is 35.9 Å². The van der Waals surface area contributed by atoms with Gasteiger partial charge in [0.05, 0.1) is 11.4 Å². The summed E-state index contributed by atoms with van der Waals surface area (Å²) in [4.78, 5) is 16.3. The van der Waals surface area contributed by atoms with E-state index in [1.54, 1.807) is 11.8 Å². The number of anilines is 1. The number of nitrogens with zero attached hydrogens (tertiary/aromatic N) is 2. The molecule has 2 aromatic carbocycles. The largest absolute Gasteiger partial charge is 0.326 e. The Labute approximate surface area is 165 Å². The van der Waals surface area contributed by atoms with Crippen molar-refractivity contribution in [2.45, 2.75) is 13.8 Å². The molecule has 0 unspecified atom stereocenters. The van der Waals surface area contributed by atoms with E-state index >= 15 is 0 Å². The highest BCUT2D eigenvalue weighted by molar-refractivity contribution is 9.10. The van der Waals surface area contributed by atoms with Gasteiger partial charge in [0.1, 0.15) is 0 Å². The number of benzene rings is 2. The van der Waals surface area contributed by atoms with E-state index in [-0.39, 0.29) is 11.8 Å². The van der Waals surface area contributed by atoms with Crippen LogP contribution in [0, 0.1) is 5.92 Å². The first-order valence-electron chi connectivity index (χ1n) is 8.22. The zero-order valence-corrected chi connectivity index (χ0v) is 16.9. The van der Waals surface area contributed by atoms with Crippen molar-refractivity contribution in [2.24, 2.45) is 16.0 Å². The molecular weight excluding hydrogens is 412 g/mol. The average Bonchev–Trinajstić information content (AvgIpc) is 2.63. The molecule has 0 aromatic heterocycles. The molecule has 2 aromatic rings. The molecule has 0 atom stereocenters. The van der Waals surface area contributed by atoms with Crippen molar-refractivity contribution in [3.63, 3.8) is 0 Å². The molecule has 26 heavy (non-hydrogen) atoms. The highest BCUT2D eigenvalue weighted by Crippen LogP contribution is 2.22. The zero-order valence-electron chi connectivity index (χ0n) is 14.5. The molecule has 3 rings (SSSR count). The molecule has 1 amide bonds. The maximum atomic E-state index is 11.7. The smallest absolute Gasteiger partial charge is 0.226 e. The summed E-state index contributed by atoms with van der Waals surface area (Å²) in [5, 5.41) is 8.09. The van der Waals surface area contributed by atoms with Crippen LogP contribution in [0.25, 0.3) is 0 Å². The molecule has 5 nitrogen and oxygen atoms in total. The van der Waals surface area contributed by atoms with Gasteiger partial charge in [-0.2, -0.15) is 5.10 Å². The second-order valence-corrected chi connectivity index (χ2v) is 7.96. The molecular formula is C19H19BrN4OS. The van der Waals surface area contributed by atoms with E-state index in [1.165, 1.54) is 0 Å². The zero-order chi connectivity index (χ0) is 18.5. The van der Waals surface area contributed by atoms with Crippen molar-refractivity contribution in [3.8, 4) is 0 Å². The van der Waals surface area contributed by atoms with Crippen molar-refractivity contribution < 1.29 is 4.79 Å². The number of amides is 1. The van der Waals surface area contributed by atoms with Gasteiger partial charge in [0.25, 0.3) is 0 Å². The van der Waals surface area contributed by atoms with E-state index in [0.29, 0.717) is 0 Å². The minimum absolute atomic E-state index is 0.0124. The van der Waals surface area contributed by atoms with Gasteiger partial charge in [-0.3, -0.25) is 10.2 Å². The molecule has 2 N–H and O–H groups in total. The Bertz CT molecular complexity index is 862. The van der Waals surface area contributed by atoms with Crippen LogP contribution in [-0.2, 0) is 4.79 Å². The number of halogens is 1. The summed E-state index contributed by atoms with van der Waals surface area (Å²) in [7, 11) is 0. The van der Waals surface area contributed by atoms with Gasteiger partial charge in [0, 0.05) is 21.8 Å². The number of hydrogen-bond donors (Lipinski definition) is 2. The Balaban J connectivity index is 1.66. The molecule has 0 saturated heterocycles. The van der Waals surface area contributed by atoms with E-state index < -0.39 is 0 Å². The summed E-state index contributed by atoms with van der Waals surface area (Å²) in [5.41, 5.74) is 6.65. The van der Waals surface area contributed by atoms with Crippen LogP contribution in [0.4, 0.5) is 11.4 Å². The lowest BCUT2D eigenvalue weighted by Gasteiger charge is -2.15. The van der Waals surface area contributed by atoms with Crippen LogP contribution in [0.15, 0.2) is 63.1 Å². The second-order valence-electron chi connectivity index (χ2n) is 6.08. The quantitative estimate of drug-likeness (QED) is 0.733. The average molecular weight is 431 g/mol. The Morgan fingerprint density at radius 1 is 1.27 bits per heavy atom. The molecule has 0 saturated carbocycles. The molecule has 1 heterocycles. The summed E-state index contributed by atoms with van der Waals surface area (Å²) < 4.78 is 0.994. The number of aliphatic imine (C=N–C) groups is 1. The highest BCUT2D eigenvalue weighted by atomic mass is 79.9. The van der Waals surface area contributed by atoms with Gasteiger partial charge in [0.2, 0.25) is 5.91 Å². The number of nitrogens with one attached hydrogen (secondary N) is 2. The van der Waals surface area contributed by atoms with Crippen molar-refractivity contribution >= 4 is 55.9 Å². The van der Waals surface area contributed by atoms with Crippen molar-refractivity contribution in [3.05, 3.63) is 58.6 Å². The number of rotatable bonds is 4. The lowest BCUT2D eigenvalue weighted by Crippen LogP contribution is -2.25. The Kier molecular flexibility index (Phi) is 6.11. The molecule has 0 radical (unpaired) electrons. The fraction of sp³-hybridized carbons (Fsp3) is 0.211. The normalized spacial score (nSPS) is 15.5. The third-order valence-electron chi connectivity index (χ3n) is 3.68. The van der Waals surface area contributed by atoms with Crippen LogP contribution in [0.2, 0.25) is 0 Å². The van der Waals surface area contributed by atoms with Crippen LogP contribution in [0.3, 0.4) is 0 Å². The summed E-state index contributed by atoms with van der Waals surface area (Å²) in [6.45, 7) is 3.74. The van der Waals surface area contributed by atoms with Gasteiger partial charge in [0.15, 0.2) is 5.17 Å². The predicted octanol–water partition coefficient (Wildman–Crippen LogP) is 4.77. The van der Waals surface area contributed by atoms with Crippen molar-refractivity contribution in [2.75, 3.05) is 11.1 Å². The van der Waals surface area contributed by atoms with Crippen LogP contribution in [0.5, 0.6) is 0 Å². The molecule has 134 valence electrons. The first-order chi connectivity index (χ1) is 12.5. The Hall–Kier alpha value is -2.12. The van der Waals surface area contributed by atoms with Crippen LogP contribution < -0.4 is 10.7 Å².